The highest BCUT2D eigenvalue weighted by Crippen LogP contribution is 2.53. The van der Waals surface area contributed by atoms with Crippen molar-refractivity contribution in [2.45, 2.75) is 88.5 Å². The molecule has 4 aromatic rings. The highest BCUT2D eigenvalue weighted by molar-refractivity contribution is 7.16. The summed E-state index contributed by atoms with van der Waals surface area (Å²) in [5.74, 6) is 1.85. The van der Waals surface area contributed by atoms with Crippen LogP contribution in [0.15, 0.2) is 10.7 Å². The molecule has 236 valence electrons. The third kappa shape index (κ3) is 4.40. The predicted octanol–water partition coefficient (Wildman–Crippen LogP) is 4.16. The lowest BCUT2D eigenvalue weighted by Crippen LogP contribution is -2.46. The third-order valence-corrected chi connectivity index (χ3v) is 11.5. The molecule has 12 nitrogen and oxygen atoms in total. The van der Waals surface area contributed by atoms with Crippen molar-refractivity contribution in [1.82, 2.24) is 29.8 Å². The largest absolute Gasteiger partial charge is 0.389 e. The van der Waals surface area contributed by atoms with E-state index in [1.807, 2.05) is 17.8 Å². The summed E-state index contributed by atoms with van der Waals surface area (Å²) in [5, 5.41) is 32.0. The highest BCUT2D eigenvalue weighted by Gasteiger charge is 2.50. The smallest absolute Gasteiger partial charge is 0.186 e. The van der Waals surface area contributed by atoms with E-state index in [0.717, 1.165) is 78.0 Å². The molecule has 1 spiro atoms. The van der Waals surface area contributed by atoms with E-state index in [4.69, 9.17) is 30.1 Å². The second-order valence-electron chi connectivity index (χ2n) is 13.5. The molecule has 2 saturated heterocycles. The Kier molecular flexibility index (Phi) is 6.73. The number of nitrogen functional groups attached to an aromatic ring is 1. The normalized spacial score (nSPS) is 27.5. The zero-order chi connectivity index (χ0) is 31.1. The van der Waals surface area contributed by atoms with Crippen LogP contribution < -0.4 is 10.6 Å². The van der Waals surface area contributed by atoms with Crippen LogP contribution in [0, 0.1) is 11.3 Å². The molecule has 3 N–H and O–H groups in total. The molecular formula is C32H39N9O3S. The second-order valence-corrected chi connectivity index (χ2v) is 14.7. The molecule has 0 bridgehead atoms. The quantitative estimate of drug-likeness (QED) is 0.334. The van der Waals surface area contributed by atoms with Crippen LogP contribution in [0.5, 0.6) is 0 Å². The Balaban J connectivity index is 1.30. The molecule has 45 heavy (non-hydrogen) atoms. The minimum Gasteiger partial charge on any atom is -0.389 e. The molecule has 13 heteroatoms. The summed E-state index contributed by atoms with van der Waals surface area (Å²) in [5.41, 5.74) is 8.16. The Hall–Kier alpha value is -3.57. The molecule has 7 heterocycles. The number of thiophene rings is 1. The van der Waals surface area contributed by atoms with Crippen LogP contribution in [0.4, 0.5) is 10.8 Å². The van der Waals surface area contributed by atoms with Crippen LogP contribution in [0.25, 0.3) is 22.6 Å². The van der Waals surface area contributed by atoms with E-state index in [2.05, 4.69) is 35.0 Å². The summed E-state index contributed by atoms with van der Waals surface area (Å²) in [7, 11) is 2.18. The molecule has 8 rings (SSSR count). The predicted molar refractivity (Wildman–Crippen MR) is 170 cm³/mol. The van der Waals surface area contributed by atoms with Crippen molar-refractivity contribution >= 4 is 33.2 Å². The third-order valence-electron chi connectivity index (χ3n) is 10.5. The first-order chi connectivity index (χ1) is 21.7. The Morgan fingerprint density at radius 2 is 2.07 bits per heavy atom. The van der Waals surface area contributed by atoms with E-state index in [0.29, 0.717) is 59.9 Å². The van der Waals surface area contributed by atoms with Gasteiger partial charge in [0.05, 0.1) is 35.4 Å². The van der Waals surface area contributed by atoms with Crippen LogP contribution >= 0.6 is 11.3 Å². The molecule has 0 saturated carbocycles. The van der Waals surface area contributed by atoms with E-state index in [1.54, 1.807) is 0 Å². The molecule has 4 aromatic heterocycles. The lowest BCUT2D eigenvalue weighted by atomic mass is 9.76. The fraction of sp³-hybridized carbons (Fsp3) is 0.594. The van der Waals surface area contributed by atoms with Gasteiger partial charge < -0.3 is 29.9 Å². The van der Waals surface area contributed by atoms with Crippen molar-refractivity contribution in [3.63, 3.8) is 0 Å². The summed E-state index contributed by atoms with van der Waals surface area (Å²) in [4.78, 5) is 15.9. The Labute approximate surface area is 265 Å². The Morgan fingerprint density at radius 1 is 1.20 bits per heavy atom. The minimum absolute atomic E-state index is 0.104. The number of hydrogen-bond donors (Lipinski definition) is 2. The van der Waals surface area contributed by atoms with Gasteiger partial charge in [0, 0.05) is 41.6 Å². The number of piperidine rings is 1. The van der Waals surface area contributed by atoms with Gasteiger partial charge >= 0.3 is 0 Å². The molecule has 3 aliphatic heterocycles. The summed E-state index contributed by atoms with van der Waals surface area (Å²) in [6.07, 6.45) is 8.76. The van der Waals surface area contributed by atoms with Crippen molar-refractivity contribution in [3.05, 3.63) is 33.5 Å². The van der Waals surface area contributed by atoms with E-state index in [-0.39, 0.29) is 6.04 Å². The maximum atomic E-state index is 11.0. The number of rotatable bonds is 4. The first kappa shape index (κ1) is 28.9. The van der Waals surface area contributed by atoms with Gasteiger partial charge in [-0.3, -0.25) is 0 Å². The lowest BCUT2D eigenvalue weighted by molar-refractivity contribution is -0.0580. The fourth-order valence-corrected chi connectivity index (χ4v) is 9.43. The number of nitrogens with two attached hydrogens (primary N) is 1. The first-order valence-corrected chi connectivity index (χ1v) is 16.9. The van der Waals surface area contributed by atoms with Gasteiger partial charge in [0.25, 0.3) is 0 Å². The van der Waals surface area contributed by atoms with Crippen LogP contribution in [0.2, 0.25) is 0 Å². The molecule has 1 aliphatic carbocycles. The van der Waals surface area contributed by atoms with Crippen LogP contribution in [0.3, 0.4) is 0 Å². The SMILES string of the molecule is C[C@@H]([C@@H]1CCCN1C)n1ncc2c(N3CCC[C@@](C)(O)C3)nc(-c3noc4c3CCO[C@@]43CCCc4sc(N)c(C#N)c43)nc21. The number of aryl methyl sites for hydroxylation is 1. The number of likely N-dealkylation sites (N-methyl/N-ethyl adjacent to an activating group) is 1. The number of hydrogen-bond acceptors (Lipinski definition) is 12. The van der Waals surface area contributed by atoms with Gasteiger partial charge in [-0.05, 0) is 72.4 Å². The van der Waals surface area contributed by atoms with Crippen molar-refractivity contribution in [2.24, 2.45) is 0 Å². The van der Waals surface area contributed by atoms with Gasteiger partial charge in [-0.2, -0.15) is 10.4 Å². The molecule has 2 fully saturated rings. The zero-order valence-corrected chi connectivity index (χ0v) is 26.9. The van der Waals surface area contributed by atoms with Crippen LogP contribution in [-0.4, -0.2) is 79.8 Å². The molecule has 0 unspecified atom stereocenters. The molecule has 4 atom stereocenters. The van der Waals surface area contributed by atoms with Gasteiger partial charge in [-0.25, -0.2) is 14.6 Å². The highest BCUT2D eigenvalue weighted by atomic mass is 32.1. The topological polar surface area (TPSA) is 155 Å². The number of likely N-dealkylation sites (tertiary alicyclic amines) is 1. The zero-order valence-electron chi connectivity index (χ0n) is 26.0. The van der Waals surface area contributed by atoms with E-state index in [1.165, 1.54) is 17.8 Å². The summed E-state index contributed by atoms with van der Waals surface area (Å²) in [6, 6.07) is 2.79. The Bertz CT molecular complexity index is 1830. The second kappa shape index (κ2) is 10.5. The average molecular weight is 630 g/mol. The van der Waals surface area contributed by atoms with Gasteiger partial charge in [-0.15, -0.1) is 11.3 Å². The first-order valence-electron chi connectivity index (χ1n) is 16.1. The van der Waals surface area contributed by atoms with Gasteiger partial charge in [0.2, 0.25) is 0 Å². The monoisotopic (exact) mass is 629 g/mol. The summed E-state index contributed by atoms with van der Waals surface area (Å²) < 4.78 is 14.8. The maximum Gasteiger partial charge on any atom is 0.186 e. The summed E-state index contributed by atoms with van der Waals surface area (Å²) >= 11 is 1.47. The molecule has 0 aromatic carbocycles. The van der Waals surface area contributed by atoms with Gasteiger partial charge in [0.15, 0.2) is 28.5 Å². The number of aliphatic hydroxyl groups is 1. The standard InChI is InChI=1S/C32H39N9O3S/c1-18(22-7-5-12-39(22)3)41-30-21(16-35-41)29(40-13-6-10-31(2,42)17-40)36-28(37-30)25-19-9-14-43-32(26(19)44-38-25)11-4-8-23-24(32)20(15-33)27(34)45-23/h16,18,22,42H,4-14,17,34H2,1-3H3/t18-,22-,31+,32+/m0/s1. The molecule has 0 radical (unpaired) electrons. The minimum atomic E-state index is -0.909. The van der Waals surface area contributed by atoms with E-state index < -0.39 is 11.2 Å². The maximum absolute atomic E-state index is 11.0. The van der Waals surface area contributed by atoms with Crippen molar-refractivity contribution < 1.29 is 14.4 Å². The number of ether oxygens (including phenoxy) is 1. The summed E-state index contributed by atoms with van der Waals surface area (Å²) in [6.45, 7) is 6.87. The van der Waals surface area contributed by atoms with Crippen molar-refractivity contribution in [1.29, 1.82) is 5.26 Å². The van der Waals surface area contributed by atoms with Crippen LogP contribution in [0.1, 0.15) is 85.7 Å². The number of β-amino-alcohol motifs (C(OH)–C–C–N with tert-alkyl or cyclic N) is 1. The molecule has 4 aliphatic rings. The fourth-order valence-electron chi connectivity index (χ4n) is 8.30. The number of anilines is 2. The van der Waals surface area contributed by atoms with Crippen molar-refractivity contribution in [2.75, 3.05) is 43.9 Å². The van der Waals surface area contributed by atoms with Crippen molar-refractivity contribution in [3.8, 4) is 17.6 Å². The Morgan fingerprint density at radius 3 is 2.84 bits per heavy atom. The number of fused-ring (bicyclic) bond motifs is 5. The average Bonchev–Trinajstić information content (AvgIpc) is 3.81. The number of nitriles is 1. The van der Waals surface area contributed by atoms with Gasteiger partial charge in [0.1, 0.15) is 16.9 Å². The lowest BCUT2D eigenvalue weighted by Gasteiger charge is -2.38. The number of aromatic nitrogens is 5. The van der Waals surface area contributed by atoms with E-state index >= 15 is 0 Å². The molecule has 0 amide bonds. The van der Waals surface area contributed by atoms with Crippen LogP contribution in [-0.2, 0) is 23.2 Å². The van der Waals surface area contributed by atoms with Gasteiger partial charge in [-0.1, -0.05) is 5.16 Å². The van der Waals surface area contributed by atoms with E-state index in [9.17, 15) is 10.4 Å². The number of nitrogens with zero attached hydrogens (tertiary/aromatic N) is 8. The molecular weight excluding hydrogens is 590 g/mol.